The molecular weight excluding hydrogens is 334 g/mol. The third-order valence-electron chi connectivity index (χ3n) is 4.38. The molecule has 3 N–H and O–H groups in total. The van der Waals surface area contributed by atoms with Crippen molar-refractivity contribution in [1.82, 2.24) is 9.55 Å². The number of carbonyl (C=O) groups is 1. The minimum atomic E-state index is -1.03. The number of anilines is 1. The first-order valence-electron chi connectivity index (χ1n) is 8.12. The molecule has 3 aromatic rings. The van der Waals surface area contributed by atoms with Gasteiger partial charge in [-0.1, -0.05) is 18.2 Å². The maximum Gasteiger partial charge on any atom is 0.337 e. The number of hydrogen-bond donors (Lipinski definition) is 3. The van der Waals surface area contributed by atoms with Gasteiger partial charge in [0.15, 0.2) is 0 Å². The molecular formula is C19H19N3O4. The molecule has 26 heavy (non-hydrogen) atoms. The van der Waals surface area contributed by atoms with Crippen LogP contribution in [0, 0.1) is 6.92 Å². The van der Waals surface area contributed by atoms with Gasteiger partial charge in [-0.15, -0.1) is 0 Å². The Balaban J connectivity index is 2.15. The number of aromatic carboxylic acids is 1. The van der Waals surface area contributed by atoms with Crippen LogP contribution in [0.2, 0.25) is 0 Å². The minimum Gasteiger partial charge on any atom is -0.478 e. The Morgan fingerprint density at radius 3 is 2.62 bits per heavy atom. The average Bonchev–Trinajstić information content (AvgIpc) is 2.60. The van der Waals surface area contributed by atoms with Gasteiger partial charge in [-0.25, -0.2) is 9.59 Å². The summed E-state index contributed by atoms with van der Waals surface area (Å²) in [5.74, 6) is -1.03. The number of carboxylic acid groups (broad SMARTS) is 1. The molecule has 3 rings (SSSR count). The highest BCUT2D eigenvalue weighted by atomic mass is 16.4. The quantitative estimate of drug-likeness (QED) is 0.668. The molecule has 0 fully saturated rings. The van der Waals surface area contributed by atoms with Crippen LogP contribution in [0.4, 0.5) is 5.69 Å². The Morgan fingerprint density at radius 2 is 1.92 bits per heavy atom. The van der Waals surface area contributed by atoms with E-state index in [4.69, 9.17) is 0 Å². The van der Waals surface area contributed by atoms with Crippen molar-refractivity contribution < 1.29 is 9.90 Å². The van der Waals surface area contributed by atoms with Crippen LogP contribution in [0.5, 0.6) is 0 Å². The Morgan fingerprint density at radius 1 is 1.23 bits per heavy atom. The lowest BCUT2D eigenvalue weighted by Gasteiger charge is -2.19. The van der Waals surface area contributed by atoms with E-state index in [0.717, 1.165) is 15.7 Å². The van der Waals surface area contributed by atoms with Crippen molar-refractivity contribution in [3.63, 3.8) is 0 Å². The second-order valence-electron chi connectivity index (χ2n) is 6.29. The van der Waals surface area contributed by atoms with Crippen molar-refractivity contribution in [2.24, 2.45) is 7.05 Å². The van der Waals surface area contributed by atoms with Gasteiger partial charge in [0.05, 0.1) is 22.5 Å². The molecule has 1 aromatic heterocycles. The number of rotatable bonds is 4. The zero-order chi connectivity index (χ0) is 19.0. The number of aromatic amines is 1. The van der Waals surface area contributed by atoms with Crippen LogP contribution in [0.25, 0.3) is 10.9 Å². The minimum absolute atomic E-state index is 0.153. The van der Waals surface area contributed by atoms with Crippen molar-refractivity contribution in [2.75, 3.05) is 5.32 Å². The van der Waals surface area contributed by atoms with E-state index in [1.54, 1.807) is 24.3 Å². The highest BCUT2D eigenvalue weighted by Crippen LogP contribution is 2.27. The smallest absolute Gasteiger partial charge is 0.337 e. The second kappa shape index (κ2) is 6.51. The van der Waals surface area contributed by atoms with Gasteiger partial charge in [-0.2, -0.15) is 0 Å². The van der Waals surface area contributed by atoms with Crippen LogP contribution in [-0.2, 0) is 7.05 Å². The number of carboxylic acids is 1. The van der Waals surface area contributed by atoms with E-state index in [1.807, 2.05) is 19.9 Å². The molecule has 0 saturated heterocycles. The molecule has 2 aromatic carbocycles. The summed E-state index contributed by atoms with van der Waals surface area (Å²) in [7, 11) is 1.42. The lowest BCUT2D eigenvalue weighted by molar-refractivity contribution is 0.0698. The number of nitrogens with zero attached hydrogens (tertiary/aromatic N) is 1. The number of hydrogen-bond acceptors (Lipinski definition) is 4. The molecule has 0 aliphatic rings. The zero-order valence-corrected chi connectivity index (χ0v) is 14.7. The van der Waals surface area contributed by atoms with Crippen LogP contribution in [0.1, 0.15) is 34.5 Å². The summed E-state index contributed by atoms with van der Waals surface area (Å²) in [6, 6.07) is 9.87. The van der Waals surface area contributed by atoms with E-state index >= 15 is 0 Å². The summed E-state index contributed by atoms with van der Waals surface area (Å²) >= 11 is 0. The third kappa shape index (κ3) is 2.99. The Kier molecular flexibility index (Phi) is 4.38. The first-order valence-corrected chi connectivity index (χ1v) is 8.12. The maximum absolute atomic E-state index is 12.4. The van der Waals surface area contributed by atoms with Crippen molar-refractivity contribution in [1.29, 1.82) is 0 Å². The SMILES string of the molecule is Cc1cc(C(C)Nc2ccccc2C(=O)O)c2[nH]c(=O)n(C)c(=O)c2c1. The summed E-state index contributed by atoms with van der Waals surface area (Å²) in [4.78, 5) is 38.6. The highest BCUT2D eigenvalue weighted by molar-refractivity contribution is 5.94. The summed E-state index contributed by atoms with van der Waals surface area (Å²) in [6.07, 6.45) is 0. The van der Waals surface area contributed by atoms with Crippen LogP contribution >= 0.6 is 0 Å². The summed E-state index contributed by atoms with van der Waals surface area (Å²) < 4.78 is 1.03. The molecule has 0 bridgehead atoms. The van der Waals surface area contributed by atoms with Crippen LogP contribution in [0.3, 0.4) is 0 Å². The molecule has 0 aliphatic carbocycles. The lowest BCUT2D eigenvalue weighted by atomic mass is 10.0. The van der Waals surface area contributed by atoms with Gasteiger partial charge in [0.1, 0.15) is 0 Å². The van der Waals surface area contributed by atoms with Gasteiger partial charge >= 0.3 is 11.7 Å². The molecule has 1 unspecified atom stereocenters. The average molecular weight is 353 g/mol. The maximum atomic E-state index is 12.4. The van der Waals surface area contributed by atoms with Gasteiger partial charge in [-0.3, -0.25) is 9.36 Å². The number of fused-ring (bicyclic) bond motifs is 1. The molecule has 1 heterocycles. The fraction of sp³-hybridized carbons (Fsp3) is 0.211. The van der Waals surface area contributed by atoms with Crippen LogP contribution in [0.15, 0.2) is 46.0 Å². The monoisotopic (exact) mass is 353 g/mol. The van der Waals surface area contributed by atoms with Crippen LogP contribution in [-0.4, -0.2) is 20.6 Å². The topological polar surface area (TPSA) is 104 Å². The third-order valence-corrected chi connectivity index (χ3v) is 4.38. The van der Waals surface area contributed by atoms with Crippen molar-refractivity contribution >= 4 is 22.6 Å². The summed E-state index contributed by atoms with van der Waals surface area (Å²) in [5, 5.41) is 12.9. The normalized spacial score (nSPS) is 12.1. The molecule has 0 radical (unpaired) electrons. The second-order valence-corrected chi connectivity index (χ2v) is 6.29. The van der Waals surface area contributed by atoms with Gasteiger partial charge in [0, 0.05) is 12.7 Å². The number of nitrogens with one attached hydrogen (secondary N) is 2. The van der Waals surface area contributed by atoms with Gasteiger partial charge in [0.25, 0.3) is 5.56 Å². The predicted molar refractivity (Wildman–Crippen MR) is 100.0 cm³/mol. The molecule has 0 spiro atoms. The summed E-state index contributed by atoms with van der Waals surface area (Å²) in [5.41, 5.74) is 1.80. The number of para-hydroxylation sites is 1. The number of benzene rings is 2. The molecule has 0 amide bonds. The lowest BCUT2D eigenvalue weighted by Crippen LogP contribution is -2.33. The van der Waals surface area contributed by atoms with Gasteiger partial charge in [0.2, 0.25) is 0 Å². The van der Waals surface area contributed by atoms with Gasteiger partial charge in [-0.05, 0) is 43.2 Å². The molecule has 134 valence electrons. The molecule has 7 nitrogen and oxygen atoms in total. The van der Waals surface area contributed by atoms with E-state index in [0.29, 0.717) is 16.6 Å². The highest BCUT2D eigenvalue weighted by Gasteiger charge is 2.17. The van der Waals surface area contributed by atoms with Crippen molar-refractivity contribution in [3.8, 4) is 0 Å². The standard InChI is InChI=1S/C19H19N3O4/c1-10-8-13(16-14(9-10)17(23)22(3)19(26)21-16)11(2)20-15-7-5-4-6-12(15)18(24)25/h4-9,11,20H,1-3H3,(H,21,26)(H,24,25). The van der Waals surface area contributed by atoms with E-state index in [9.17, 15) is 19.5 Å². The molecule has 7 heteroatoms. The van der Waals surface area contributed by atoms with Crippen molar-refractivity contribution in [2.45, 2.75) is 19.9 Å². The Bertz CT molecular complexity index is 1130. The molecule has 0 saturated carbocycles. The Labute approximate surface area is 148 Å². The number of aryl methyl sites for hydroxylation is 1. The van der Waals surface area contributed by atoms with E-state index in [2.05, 4.69) is 10.3 Å². The Hall–Kier alpha value is -3.35. The fourth-order valence-electron chi connectivity index (χ4n) is 3.03. The predicted octanol–water partition coefficient (Wildman–Crippen LogP) is 2.41. The van der Waals surface area contributed by atoms with Crippen LogP contribution < -0.4 is 16.6 Å². The summed E-state index contributed by atoms with van der Waals surface area (Å²) in [6.45, 7) is 3.72. The number of H-pyrrole nitrogens is 1. The fourth-order valence-corrected chi connectivity index (χ4v) is 3.03. The largest absolute Gasteiger partial charge is 0.478 e. The van der Waals surface area contributed by atoms with Crippen molar-refractivity contribution in [3.05, 3.63) is 73.9 Å². The first-order chi connectivity index (χ1) is 12.3. The van der Waals surface area contributed by atoms with Gasteiger partial charge < -0.3 is 15.4 Å². The molecule has 0 aliphatic heterocycles. The first kappa shape index (κ1) is 17.5. The van der Waals surface area contributed by atoms with E-state index in [-0.39, 0.29) is 17.2 Å². The van der Waals surface area contributed by atoms with E-state index < -0.39 is 11.7 Å². The number of aromatic nitrogens is 2. The zero-order valence-electron chi connectivity index (χ0n) is 14.7. The molecule has 1 atom stereocenters. The van der Waals surface area contributed by atoms with E-state index in [1.165, 1.54) is 13.1 Å².